The van der Waals surface area contributed by atoms with Crippen molar-refractivity contribution < 1.29 is 0 Å². The normalized spacial score (nSPS) is 27.2. The highest BCUT2D eigenvalue weighted by Crippen LogP contribution is 2.24. The molecule has 1 N–H and O–H groups in total. The maximum Gasteiger partial charge on any atom is 0.0730 e. The minimum atomic E-state index is 0.324. The van der Waals surface area contributed by atoms with E-state index in [9.17, 15) is 0 Å². The van der Waals surface area contributed by atoms with Crippen molar-refractivity contribution >= 4 is 0 Å². The number of nitrogens with zero attached hydrogens (tertiary/aromatic N) is 2. The van der Waals surface area contributed by atoms with E-state index in [2.05, 4.69) is 10.0 Å². The SMILES string of the molecule is N=NC1CCN(C2CCCCCCC2)CC1. The molecule has 3 heteroatoms. The second-order valence-electron chi connectivity index (χ2n) is 5.40. The Hall–Kier alpha value is -0.440. The summed E-state index contributed by atoms with van der Waals surface area (Å²) in [7, 11) is 0. The highest BCUT2D eigenvalue weighted by atomic mass is 15.2. The van der Waals surface area contributed by atoms with Crippen LogP contribution in [0.5, 0.6) is 0 Å². The van der Waals surface area contributed by atoms with Gasteiger partial charge in [-0.25, -0.2) is 5.53 Å². The lowest BCUT2D eigenvalue weighted by atomic mass is 9.93. The van der Waals surface area contributed by atoms with E-state index in [4.69, 9.17) is 5.53 Å². The van der Waals surface area contributed by atoms with Gasteiger partial charge in [-0.1, -0.05) is 32.1 Å². The largest absolute Gasteiger partial charge is 0.300 e. The number of rotatable bonds is 2. The Bertz CT molecular complexity index is 201. The van der Waals surface area contributed by atoms with Crippen LogP contribution in [0.2, 0.25) is 0 Å². The van der Waals surface area contributed by atoms with E-state index in [1.807, 2.05) is 0 Å². The third kappa shape index (κ3) is 3.27. The molecule has 3 nitrogen and oxygen atoms in total. The van der Waals surface area contributed by atoms with Gasteiger partial charge >= 0.3 is 0 Å². The van der Waals surface area contributed by atoms with Gasteiger partial charge in [0.15, 0.2) is 0 Å². The molecule has 0 atom stereocenters. The molecule has 2 rings (SSSR count). The van der Waals surface area contributed by atoms with Gasteiger partial charge in [0.1, 0.15) is 0 Å². The summed E-state index contributed by atoms with van der Waals surface area (Å²) in [5, 5.41) is 3.68. The number of nitrogens with one attached hydrogen (secondary N) is 1. The number of piperidine rings is 1. The van der Waals surface area contributed by atoms with Gasteiger partial charge in [0.25, 0.3) is 0 Å². The van der Waals surface area contributed by atoms with Gasteiger partial charge in [-0.15, -0.1) is 0 Å². The second-order valence-corrected chi connectivity index (χ2v) is 5.40. The molecule has 0 aromatic carbocycles. The fraction of sp³-hybridized carbons (Fsp3) is 1.00. The van der Waals surface area contributed by atoms with E-state index in [1.54, 1.807) is 0 Å². The standard InChI is InChI=1S/C13H25N3/c14-15-12-8-10-16(11-9-12)13-6-4-2-1-3-5-7-13/h12-14H,1-11H2. The van der Waals surface area contributed by atoms with Gasteiger partial charge in [0.05, 0.1) is 6.04 Å². The highest BCUT2D eigenvalue weighted by molar-refractivity contribution is 4.81. The van der Waals surface area contributed by atoms with Crippen molar-refractivity contribution in [2.75, 3.05) is 13.1 Å². The molecule has 2 aliphatic rings. The molecule has 1 saturated heterocycles. The predicted molar refractivity (Wildman–Crippen MR) is 65.8 cm³/mol. The molecule has 0 radical (unpaired) electrons. The molecule has 1 heterocycles. The van der Waals surface area contributed by atoms with E-state index < -0.39 is 0 Å². The van der Waals surface area contributed by atoms with Crippen molar-refractivity contribution in [3.8, 4) is 0 Å². The summed E-state index contributed by atoms with van der Waals surface area (Å²) < 4.78 is 0. The molecule has 0 amide bonds. The van der Waals surface area contributed by atoms with Crippen LogP contribution in [0.1, 0.15) is 57.8 Å². The zero-order valence-corrected chi connectivity index (χ0v) is 10.3. The van der Waals surface area contributed by atoms with Crippen LogP contribution in [0.3, 0.4) is 0 Å². The summed E-state index contributed by atoms with van der Waals surface area (Å²) in [5.74, 6) is 0. The smallest absolute Gasteiger partial charge is 0.0730 e. The van der Waals surface area contributed by atoms with Crippen LogP contribution in [0, 0.1) is 5.53 Å². The molecule has 1 aliphatic carbocycles. The third-order valence-corrected chi connectivity index (χ3v) is 4.27. The van der Waals surface area contributed by atoms with Gasteiger partial charge in [0, 0.05) is 19.1 Å². The van der Waals surface area contributed by atoms with E-state index >= 15 is 0 Å². The zero-order valence-electron chi connectivity index (χ0n) is 10.3. The van der Waals surface area contributed by atoms with Crippen molar-refractivity contribution in [2.24, 2.45) is 5.11 Å². The third-order valence-electron chi connectivity index (χ3n) is 4.27. The maximum absolute atomic E-state index is 7.08. The highest BCUT2D eigenvalue weighted by Gasteiger charge is 2.24. The molecule has 1 aliphatic heterocycles. The van der Waals surface area contributed by atoms with Gasteiger partial charge in [-0.05, 0) is 25.7 Å². The molecule has 0 aromatic rings. The first-order valence-electron chi connectivity index (χ1n) is 7.01. The minimum Gasteiger partial charge on any atom is -0.300 e. The summed E-state index contributed by atoms with van der Waals surface area (Å²) >= 11 is 0. The van der Waals surface area contributed by atoms with Gasteiger partial charge in [-0.2, -0.15) is 5.11 Å². The van der Waals surface area contributed by atoms with E-state index in [-0.39, 0.29) is 0 Å². The van der Waals surface area contributed by atoms with Crippen molar-refractivity contribution in [1.29, 1.82) is 5.53 Å². The van der Waals surface area contributed by atoms with Crippen LogP contribution in [0.25, 0.3) is 0 Å². The van der Waals surface area contributed by atoms with Crippen molar-refractivity contribution in [1.82, 2.24) is 4.90 Å². The molecule has 16 heavy (non-hydrogen) atoms. The fourth-order valence-corrected chi connectivity index (χ4v) is 3.18. The molecule has 0 aromatic heterocycles. The molecule has 2 fully saturated rings. The molecular weight excluding hydrogens is 198 g/mol. The number of hydrogen-bond donors (Lipinski definition) is 1. The quantitative estimate of drug-likeness (QED) is 0.714. The lowest BCUT2D eigenvalue weighted by molar-refractivity contribution is 0.129. The average molecular weight is 223 g/mol. The molecule has 0 spiro atoms. The zero-order chi connectivity index (χ0) is 11.2. The van der Waals surface area contributed by atoms with Gasteiger partial charge < -0.3 is 4.90 Å². The van der Waals surface area contributed by atoms with Gasteiger partial charge in [0.2, 0.25) is 0 Å². The lowest BCUT2D eigenvalue weighted by Crippen LogP contribution is -2.42. The maximum atomic E-state index is 7.08. The van der Waals surface area contributed by atoms with E-state index in [0.717, 1.165) is 18.9 Å². The summed E-state index contributed by atoms with van der Waals surface area (Å²) in [6.45, 7) is 2.36. The average Bonchev–Trinajstić information content (AvgIpc) is 2.29. The minimum absolute atomic E-state index is 0.324. The predicted octanol–water partition coefficient (Wildman–Crippen LogP) is 3.59. The molecular formula is C13H25N3. The number of likely N-dealkylation sites (tertiary alicyclic amines) is 1. The summed E-state index contributed by atoms with van der Waals surface area (Å²) in [6, 6.07) is 1.16. The monoisotopic (exact) mass is 223 g/mol. The van der Waals surface area contributed by atoms with Crippen LogP contribution in [0.4, 0.5) is 0 Å². The summed E-state index contributed by atoms with van der Waals surface area (Å²) in [6.07, 6.45) is 12.2. The number of hydrogen-bond acceptors (Lipinski definition) is 3. The fourth-order valence-electron chi connectivity index (χ4n) is 3.18. The lowest BCUT2D eigenvalue weighted by Gasteiger charge is -2.37. The first-order chi connectivity index (χ1) is 7.90. The first-order valence-corrected chi connectivity index (χ1v) is 7.01. The van der Waals surface area contributed by atoms with Crippen LogP contribution in [-0.2, 0) is 0 Å². The molecule has 92 valence electrons. The second kappa shape index (κ2) is 6.33. The van der Waals surface area contributed by atoms with Crippen molar-refractivity contribution in [3.63, 3.8) is 0 Å². The van der Waals surface area contributed by atoms with Crippen molar-refractivity contribution in [3.05, 3.63) is 0 Å². The Morgan fingerprint density at radius 2 is 1.38 bits per heavy atom. The Morgan fingerprint density at radius 1 is 0.812 bits per heavy atom. The van der Waals surface area contributed by atoms with Crippen LogP contribution in [0.15, 0.2) is 5.11 Å². The molecule has 1 saturated carbocycles. The van der Waals surface area contributed by atoms with Crippen LogP contribution >= 0.6 is 0 Å². The molecule has 0 unspecified atom stereocenters. The van der Waals surface area contributed by atoms with Gasteiger partial charge in [-0.3, -0.25) is 0 Å². The topological polar surface area (TPSA) is 39.5 Å². The first kappa shape index (κ1) is 12.0. The Labute approximate surface area is 99.1 Å². The summed E-state index contributed by atoms with van der Waals surface area (Å²) in [5.41, 5.74) is 7.08. The van der Waals surface area contributed by atoms with Crippen molar-refractivity contribution in [2.45, 2.75) is 69.9 Å². The Morgan fingerprint density at radius 3 is 1.94 bits per heavy atom. The Kier molecular flexibility index (Phi) is 4.76. The van der Waals surface area contributed by atoms with E-state index in [0.29, 0.717) is 6.04 Å². The summed E-state index contributed by atoms with van der Waals surface area (Å²) in [4.78, 5) is 2.67. The van der Waals surface area contributed by atoms with E-state index in [1.165, 1.54) is 58.0 Å². The molecule has 0 bridgehead atoms. The van der Waals surface area contributed by atoms with Crippen LogP contribution in [-0.4, -0.2) is 30.1 Å². The Balaban J connectivity index is 1.79. The van der Waals surface area contributed by atoms with Crippen LogP contribution < -0.4 is 0 Å².